The highest BCUT2D eigenvalue weighted by Crippen LogP contribution is 2.38. The van der Waals surface area contributed by atoms with Gasteiger partial charge in [0.2, 0.25) is 0 Å². The number of hydrogen-bond acceptors (Lipinski definition) is 5. The lowest BCUT2D eigenvalue weighted by Crippen LogP contribution is -2.31. The maximum atomic E-state index is 12.3. The van der Waals surface area contributed by atoms with Crippen molar-refractivity contribution in [2.45, 2.75) is 13.5 Å². The molecular formula is C15H16BrN3O3S. The van der Waals surface area contributed by atoms with Crippen LogP contribution in [0.1, 0.15) is 10.7 Å². The normalized spacial score (nSPS) is 12.8. The zero-order valence-electron chi connectivity index (χ0n) is 12.8. The molecule has 1 N–H and O–H groups in total. The summed E-state index contributed by atoms with van der Waals surface area (Å²) < 4.78 is 11.8. The van der Waals surface area contributed by atoms with Crippen LogP contribution in [0.2, 0.25) is 0 Å². The largest absolute Gasteiger partial charge is 0.486 e. The molecule has 0 unspecified atom stereocenters. The number of aromatic nitrogens is 1. The Hall–Kier alpha value is -1.80. The summed E-state index contributed by atoms with van der Waals surface area (Å²) in [5.74, 6) is 1.31. The lowest BCUT2D eigenvalue weighted by Gasteiger charge is -2.21. The van der Waals surface area contributed by atoms with Crippen LogP contribution in [-0.4, -0.2) is 36.2 Å². The van der Waals surface area contributed by atoms with Crippen LogP contribution in [0.5, 0.6) is 11.5 Å². The summed E-state index contributed by atoms with van der Waals surface area (Å²) in [4.78, 5) is 18.3. The van der Waals surface area contributed by atoms with Crippen molar-refractivity contribution < 1.29 is 14.3 Å². The molecule has 0 spiro atoms. The molecule has 1 aromatic heterocycles. The van der Waals surface area contributed by atoms with Gasteiger partial charge in [0.25, 0.3) is 0 Å². The molecule has 1 aliphatic rings. The molecule has 8 heteroatoms. The Morgan fingerprint density at radius 1 is 1.39 bits per heavy atom. The summed E-state index contributed by atoms with van der Waals surface area (Å²) in [5.41, 5.74) is 1.52. The van der Waals surface area contributed by atoms with E-state index in [9.17, 15) is 4.79 Å². The van der Waals surface area contributed by atoms with Gasteiger partial charge in [-0.3, -0.25) is 0 Å². The van der Waals surface area contributed by atoms with Crippen LogP contribution in [0, 0.1) is 6.92 Å². The Morgan fingerprint density at radius 2 is 2.09 bits per heavy atom. The fourth-order valence-electron chi connectivity index (χ4n) is 2.17. The van der Waals surface area contributed by atoms with E-state index in [1.54, 1.807) is 35.4 Å². The zero-order valence-corrected chi connectivity index (χ0v) is 15.2. The number of halogens is 1. The van der Waals surface area contributed by atoms with Crippen molar-refractivity contribution in [2.24, 2.45) is 0 Å². The molecular weight excluding hydrogens is 382 g/mol. The highest BCUT2D eigenvalue weighted by molar-refractivity contribution is 9.10. The van der Waals surface area contributed by atoms with Gasteiger partial charge in [0.1, 0.15) is 13.2 Å². The van der Waals surface area contributed by atoms with Crippen molar-refractivity contribution in [1.29, 1.82) is 0 Å². The molecule has 3 rings (SSSR count). The average Bonchev–Trinajstić information content (AvgIpc) is 2.93. The lowest BCUT2D eigenvalue weighted by atomic mass is 10.2. The van der Waals surface area contributed by atoms with Crippen LogP contribution in [0.3, 0.4) is 0 Å². The standard InChI is InChI=1S/C15H16BrN3O3S/c1-9-17-10(8-23-9)7-19(2)15(20)18-12-6-14-13(5-11(12)16)21-3-4-22-14/h5-6,8H,3-4,7H2,1-2H3,(H,18,20). The summed E-state index contributed by atoms with van der Waals surface area (Å²) in [5, 5.41) is 5.81. The molecule has 0 aliphatic carbocycles. The summed E-state index contributed by atoms with van der Waals surface area (Å²) >= 11 is 5.02. The lowest BCUT2D eigenvalue weighted by molar-refractivity contribution is 0.171. The van der Waals surface area contributed by atoms with Crippen LogP contribution in [0.4, 0.5) is 10.5 Å². The number of thiazole rings is 1. The highest BCUT2D eigenvalue weighted by atomic mass is 79.9. The van der Waals surface area contributed by atoms with E-state index in [2.05, 4.69) is 26.2 Å². The molecule has 0 bridgehead atoms. The number of fused-ring (bicyclic) bond motifs is 1. The molecule has 0 saturated heterocycles. The van der Waals surface area contributed by atoms with Crippen LogP contribution in [0.15, 0.2) is 22.0 Å². The minimum Gasteiger partial charge on any atom is -0.486 e. The molecule has 0 atom stereocenters. The van der Waals surface area contributed by atoms with Gasteiger partial charge in [-0.2, -0.15) is 0 Å². The summed E-state index contributed by atoms with van der Waals surface area (Å²) in [6.07, 6.45) is 0. The predicted molar refractivity (Wildman–Crippen MR) is 92.5 cm³/mol. The second kappa shape index (κ2) is 6.76. The van der Waals surface area contributed by atoms with Gasteiger partial charge >= 0.3 is 6.03 Å². The molecule has 1 aliphatic heterocycles. The van der Waals surface area contributed by atoms with Crippen molar-refractivity contribution >= 4 is 39.0 Å². The number of amides is 2. The molecule has 0 radical (unpaired) electrons. The molecule has 1 aromatic carbocycles. The van der Waals surface area contributed by atoms with Gasteiger partial charge in [-0.25, -0.2) is 9.78 Å². The number of rotatable bonds is 3. The first-order valence-electron chi connectivity index (χ1n) is 7.05. The van der Waals surface area contributed by atoms with Gasteiger partial charge in [0, 0.05) is 29.0 Å². The van der Waals surface area contributed by atoms with E-state index in [0.29, 0.717) is 36.9 Å². The molecule has 122 valence electrons. The third-order valence-corrected chi connectivity index (χ3v) is 4.76. The number of hydrogen-bond donors (Lipinski definition) is 1. The minimum absolute atomic E-state index is 0.215. The van der Waals surface area contributed by atoms with E-state index in [-0.39, 0.29) is 6.03 Å². The number of urea groups is 1. The Labute approximate surface area is 146 Å². The van der Waals surface area contributed by atoms with Gasteiger partial charge in [-0.1, -0.05) is 0 Å². The highest BCUT2D eigenvalue weighted by Gasteiger charge is 2.18. The number of ether oxygens (including phenoxy) is 2. The Bertz CT molecular complexity index is 735. The quantitative estimate of drug-likeness (QED) is 0.858. The molecule has 0 fully saturated rings. The van der Waals surface area contributed by atoms with E-state index in [4.69, 9.17) is 9.47 Å². The Balaban J connectivity index is 1.69. The van der Waals surface area contributed by atoms with Gasteiger partial charge < -0.3 is 19.7 Å². The van der Waals surface area contributed by atoms with E-state index in [0.717, 1.165) is 15.2 Å². The summed E-state index contributed by atoms with van der Waals surface area (Å²) in [6.45, 7) is 3.44. The first-order valence-corrected chi connectivity index (χ1v) is 8.72. The smallest absolute Gasteiger partial charge is 0.321 e. The van der Waals surface area contributed by atoms with Crippen LogP contribution in [-0.2, 0) is 6.54 Å². The van der Waals surface area contributed by atoms with E-state index in [1.165, 1.54) is 0 Å². The predicted octanol–water partition coefficient (Wildman–Crippen LogP) is 3.65. The minimum atomic E-state index is -0.215. The average molecular weight is 398 g/mol. The Morgan fingerprint density at radius 3 is 2.74 bits per heavy atom. The molecule has 2 heterocycles. The van der Waals surface area contributed by atoms with Crippen LogP contribution < -0.4 is 14.8 Å². The second-order valence-electron chi connectivity index (χ2n) is 5.12. The monoisotopic (exact) mass is 397 g/mol. The van der Waals surface area contributed by atoms with Gasteiger partial charge in [-0.15, -0.1) is 11.3 Å². The molecule has 23 heavy (non-hydrogen) atoms. The van der Waals surface area contributed by atoms with Crippen molar-refractivity contribution in [3.63, 3.8) is 0 Å². The molecule has 2 aromatic rings. The Kier molecular flexibility index (Phi) is 4.72. The number of anilines is 1. The summed E-state index contributed by atoms with van der Waals surface area (Å²) in [6, 6.07) is 3.35. The maximum absolute atomic E-state index is 12.3. The first kappa shape index (κ1) is 16.1. The maximum Gasteiger partial charge on any atom is 0.321 e. The van der Waals surface area contributed by atoms with E-state index in [1.807, 2.05) is 12.3 Å². The summed E-state index contributed by atoms with van der Waals surface area (Å²) in [7, 11) is 1.73. The number of nitrogens with one attached hydrogen (secondary N) is 1. The number of aryl methyl sites for hydroxylation is 1. The van der Waals surface area contributed by atoms with Crippen molar-refractivity contribution in [3.8, 4) is 11.5 Å². The molecule has 2 amide bonds. The SMILES string of the molecule is Cc1nc(CN(C)C(=O)Nc2cc3c(cc2Br)OCCO3)cs1. The van der Waals surface area contributed by atoms with E-state index >= 15 is 0 Å². The van der Waals surface area contributed by atoms with Crippen molar-refractivity contribution in [2.75, 3.05) is 25.6 Å². The van der Waals surface area contributed by atoms with Crippen molar-refractivity contribution in [1.82, 2.24) is 9.88 Å². The zero-order chi connectivity index (χ0) is 16.4. The first-order chi connectivity index (χ1) is 11.0. The number of carbonyl (C=O) groups is 1. The molecule has 6 nitrogen and oxygen atoms in total. The van der Waals surface area contributed by atoms with E-state index < -0.39 is 0 Å². The third-order valence-electron chi connectivity index (χ3n) is 3.29. The number of nitrogens with zero attached hydrogens (tertiary/aromatic N) is 2. The number of carbonyl (C=O) groups excluding carboxylic acids is 1. The fourth-order valence-corrected chi connectivity index (χ4v) is 3.19. The topological polar surface area (TPSA) is 63.7 Å². The van der Waals surface area contributed by atoms with Gasteiger partial charge in [-0.05, 0) is 22.9 Å². The van der Waals surface area contributed by atoms with Crippen LogP contribution >= 0.6 is 27.3 Å². The second-order valence-corrected chi connectivity index (χ2v) is 7.04. The third kappa shape index (κ3) is 3.76. The van der Waals surface area contributed by atoms with Crippen molar-refractivity contribution in [3.05, 3.63) is 32.7 Å². The fraction of sp³-hybridized carbons (Fsp3) is 0.333. The van der Waals surface area contributed by atoms with Crippen LogP contribution in [0.25, 0.3) is 0 Å². The molecule has 0 saturated carbocycles. The number of benzene rings is 1. The van der Waals surface area contributed by atoms with Gasteiger partial charge in [0.05, 0.1) is 22.9 Å². The van der Waals surface area contributed by atoms with Gasteiger partial charge in [0.15, 0.2) is 11.5 Å².